The monoisotopic (exact) mass is 339 g/mol. The van der Waals surface area contributed by atoms with E-state index in [0.29, 0.717) is 11.7 Å². The highest BCUT2D eigenvalue weighted by Gasteiger charge is 2.21. The van der Waals surface area contributed by atoms with Gasteiger partial charge in [0.1, 0.15) is 17.8 Å². The predicted molar refractivity (Wildman–Crippen MR) is 90.4 cm³/mol. The highest BCUT2D eigenvalue weighted by atomic mass is 35.5. The average Bonchev–Trinajstić information content (AvgIpc) is 2.95. The van der Waals surface area contributed by atoms with Crippen LogP contribution in [-0.2, 0) is 0 Å². The maximum absolute atomic E-state index is 10.7. The van der Waals surface area contributed by atoms with Crippen LogP contribution < -0.4 is 10.2 Å². The van der Waals surface area contributed by atoms with Gasteiger partial charge in [0.15, 0.2) is 11.4 Å². The van der Waals surface area contributed by atoms with E-state index in [2.05, 4.69) is 32.1 Å². The molecule has 22 heavy (non-hydrogen) atoms. The summed E-state index contributed by atoms with van der Waals surface area (Å²) in [5.74, 6) is 0.718. The Labute approximate surface area is 139 Å². The zero-order valence-corrected chi connectivity index (χ0v) is 13.9. The van der Waals surface area contributed by atoms with Crippen molar-refractivity contribution in [3.8, 4) is 0 Å². The van der Waals surface area contributed by atoms with Gasteiger partial charge < -0.3 is 10.2 Å². The summed E-state index contributed by atoms with van der Waals surface area (Å²) in [6.07, 6.45) is 6.13. The SMILES string of the molecule is Cc1cnc(N2CCC(Nc3cc(C=O)ncn3)CC2)s1.Cl. The molecule has 0 spiro atoms. The molecule has 0 aromatic carbocycles. The highest BCUT2D eigenvalue weighted by molar-refractivity contribution is 7.15. The van der Waals surface area contributed by atoms with Crippen molar-refractivity contribution in [2.75, 3.05) is 23.3 Å². The molecular weight excluding hydrogens is 322 g/mol. The fourth-order valence-electron chi connectivity index (χ4n) is 2.43. The Morgan fingerprint density at radius 1 is 1.32 bits per heavy atom. The molecule has 0 bridgehead atoms. The van der Waals surface area contributed by atoms with Crippen molar-refractivity contribution in [3.63, 3.8) is 0 Å². The van der Waals surface area contributed by atoms with E-state index in [0.717, 1.165) is 43.2 Å². The Morgan fingerprint density at radius 3 is 2.73 bits per heavy atom. The third-order valence-corrected chi connectivity index (χ3v) is 4.51. The molecule has 8 heteroatoms. The first-order chi connectivity index (χ1) is 10.2. The number of piperidine rings is 1. The Hall–Kier alpha value is -1.73. The number of aryl methyl sites for hydroxylation is 1. The molecule has 0 atom stereocenters. The first-order valence-corrected chi connectivity index (χ1v) is 7.77. The van der Waals surface area contributed by atoms with Gasteiger partial charge in [-0.25, -0.2) is 15.0 Å². The van der Waals surface area contributed by atoms with E-state index in [1.54, 1.807) is 17.4 Å². The van der Waals surface area contributed by atoms with E-state index in [9.17, 15) is 4.79 Å². The number of rotatable bonds is 4. The van der Waals surface area contributed by atoms with Crippen LogP contribution in [0.5, 0.6) is 0 Å². The van der Waals surface area contributed by atoms with Gasteiger partial charge in [0, 0.05) is 36.3 Å². The number of aldehydes is 1. The quantitative estimate of drug-likeness (QED) is 0.863. The highest BCUT2D eigenvalue weighted by Crippen LogP contribution is 2.25. The molecule has 0 aliphatic carbocycles. The Balaban J connectivity index is 0.00000176. The topological polar surface area (TPSA) is 71.0 Å². The summed E-state index contributed by atoms with van der Waals surface area (Å²) in [5.41, 5.74) is 0.406. The van der Waals surface area contributed by atoms with Crippen molar-refractivity contribution in [2.45, 2.75) is 25.8 Å². The smallest absolute Gasteiger partial charge is 0.185 e. The van der Waals surface area contributed by atoms with Crippen LogP contribution in [0.3, 0.4) is 0 Å². The summed E-state index contributed by atoms with van der Waals surface area (Å²) >= 11 is 1.74. The number of anilines is 2. The lowest BCUT2D eigenvalue weighted by molar-refractivity contribution is 0.111. The Bertz CT molecular complexity index is 627. The van der Waals surface area contributed by atoms with Crippen molar-refractivity contribution in [1.29, 1.82) is 0 Å². The predicted octanol–water partition coefficient (Wildman–Crippen LogP) is 2.56. The van der Waals surface area contributed by atoms with Gasteiger partial charge in [-0.2, -0.15) is 0 Å². The van der Waals surface area contributed by atoms with Crippen LogP contribution >= 0.6 is 23.7 Å². The number of carbonyl (C=O) groups excluding carboxylic acids is 1. The molecule has 2 aromatic rings. The van der Waals surface area contributed by atoms with E-state index in [4.69, 9.17) is 0 Å². The third-order valence-electron chi connectivity index (χ3n) is 3.54. The van der Waals surface area contributed by atoms with Crippen molar-refractivity contribution in [3.05, 3.63) is 29.2 Å². The number of thiazole rings is 1. The molecule has 0 saturated carbocycles. The molecule has 1 aliphatic heterocycles. The van der Waals surface area contributed by atoms with Gasteiger partial charge in [-0.15, -0.1) is 23.7 Å². The largest absolute Gasteiger partial charge is 0.367 e. The second-order valence-electron chi connectivity index (χ2n) is 5.11. The van der Waals surface area contributed by atoms with Gasteiger partial charge in [0.05, 0.1) is 0 Å². The maximum Gasteiger partial charge on any atom is 0.185 e. The van der Waals surface area contributed by atoms with Crippen molar-refractivity contribution >= 4 is 41.0 Å². The lowest BCUT2D eigenvalue weighted by Crippen LogP contribution is -2.39. The summed E-state index contributed by atoms with van der Waals surface area (Å²) in [6, 6.07) is 2.06. The van der Waals surface area contributed by atoms with Crippen molar-refractivity contribution in [1.82, 2.24) is 15.0 Å². The molecule has 118 valence electrons. The Morgan fingerprint density at radius 2 is 2.09 bits per heavy atom. The molecule has 0 unspecified atom stereocenters. The van der Waals surface area contributed by atoms with E-state index in [1.165, 1.54) is 11.2 Å². The molecule has 1 fully saturated rings. The maximum atomic E-state index is 10.7. The summed E-state index contributed by atoms with van der Waals surface area (Å²) in [6.45, 7) is 4.04. The van der Waals surface area contributed by atoms with E-state index in [-0.39, 0.29) is 12.4 Å². The van der Waals surface area contributed by atoms with E-state index < -0.39 is 0 Å². The normalized spacial score (nSPS) is 15.2. The minimum atomic E-state index is 0. The minimum absolute atomic E-state index is 0. The Kier molecular flexibility index (Phi) is 5.68. The minimum Gasteiger partial charge on any atom is -0.367 e. The molecule has 3 heterocycles. The molecule has 3 rings (SSSR count). The summed E-state index contributed by atoms with van der Waals surface area (Å²) in [7, 11) is 0. The number of hydrogen-bond donors (Lipinski definition) is 1. The number of halogens is 1. The standard InChI is InChI=1S/C14H17N5OS.ClH/c1-10-7-15-14(21-10)19-4-2-11(3-5-19)18-13-6-12(8-20)16-9-17-13;/h6-9,11H,2-5H2,1H3,(H,16,17,18);1H. The van der Waals surface area contributed by atoms with E-state index in [1.807, 2.05) is 6.20 Å². The van der Waals surface area contributed by atoms with Gasteiger partial charge >= 0.3 is 0 Å². The van der Waals surface area contributed by atoms with Crippen LogP contribution in [0.25, 0.3) is 0 Å². The molecule has 0 amide bonds. The summed E-state index contributed by atoms with van der Waals surface area (Å²) in [5, 5.41) is 4.49. The zero-order valence-electron chi connectivity index (χ0n) is 12.2. The molecule has 0 radical (unpaired) electrons. The number of nitrogens with zero attached hydrogens (tertiary/aromatic N) is 4. The fourth-order valence-corrected chi connectivity index (χ4v) is 3.24. The molecule has 6 nitrogen and oxygen atoms in total. The van der Waals surface area contributed by atoms with Gasteiger partial charge in [0.2, 0.25) is 0 Å². The molecule has 2 aromatic heterocycles. The van der Waals surface area contributed by atoms with Crippen LogP contribution in [0.15, 0.2) is 18.6 Å². The number of carbonyl (C=O) groups is 1. The second-order valence-corrected chi connectivity index (χ2v) is 6.32. The second kappa shape index (κ2) is 7.51. The molecule has 1 saturated heterocycles. The lowest BCUT2D eigenvalue weighted by Gasteiger charge is -2.32. The molecule has 1 aliphatic rings. The van der Waals surface area contributed by atoms with Crippen LogP contribution in [0.2, 0.25) is 0 Å². The summed E-state index contributed by atoms with van der Waals surface area (Å²) < 4.78 is 0. The van der Waals surface area contributed by atoms with Gasteiger partial charge in [-0.05, 0) is 19.8 Å². The van der Waals surface area contributed by atoms with E-state index >= 15 is 0 Å². The first kappa shape index (κ1) is 16.6. The summed E-state index contributed by atoms with van der Waals surface area (Å²) in [4.78, 5) is 26.8. The molecular formula is C14H18ClN5OS. The van der Waals surface area contributed by atoms with Crippen LogP contribution in [-0.4, -0.2) is 40.4 Å². The van der Waals surface area contributed by atoms with Gasteiger partial charge in [-0.1, -0.05) is 0 Å². The average molecular weight is 340 g/mol. The lowest BCUT2D eigenvalue weighted by atomic mass is 10.1. The van der Waals surface area contributed by atoms with Crippen LogP contribution in [0.1, 0.15) is 28.2 Å². The van der Waals surface area contributed by atoms with Gasteiger partial charge in [-0.3, -0.25) is 4.79 Å². The number of nitrogens with one attached hydrogen (secondary N) is 1. The van der Waals surface area contributed by atoms with Gasteiger partial charge in [0.25, 0.3) is 0 Å². The first-order valence-electron chi connectivity index (χ1n) is 6.96. The third kappa shape index (κ3) is 3.92. The van der Waals surface area contributed by atoms with Crippen LogP contribution in [0, 0.1) is 6.92 Å². The fraction of sp³-hybridized carbons (Fsp3) is 0.429. The number of hydrogen-bond acceptors (Lipinski definition) is 7. The van der Waals surface area contributed by atoms with Crippen molar-refractivity contribution in [2.24, 2.45) is 0 Å². The van der Waals surface area contributed by atoms with Crippen molar-refractivity contribution < 1.29 is 4.79 Å². The zero-order chi connectivity index (χ0) is 14.7. The molecule has 1 N–H and O–H groups in total. The van der Waals surface area contributed by atoms with Crippen LogP contribution in [0.4, 0.5) is 10.9 Å². The number of aromatic nitrogens is 3.